The van der Waals surface area contributed by atoms with Crippen LogP contribution in [0, 0.1) is 0 Å². The van der Waals surface area contributed by atoms with E-state index in [0.29, 0.717) is 0 Å². The van der Waals surface area contributed by atoms with Gasteiger partial charge in [-0.1, -0.05) is 13.8 Å². The van der Waals surface area contributed by atoms with Crippen molar-refractivity contribution in [2.75, 3.05) is 49.5 Å². The van der Waals surface area contributed by atoms with Crippen LogP contribution in [0.2, 0.25) is 0 Å². The monoisotopic (exact) mass is 261 g/mol. The standard InChI is InChI=1S/C16H27N3/c1-3-9-17-15-5-7-16(8-6-15)19-13-11-18(10-4-2)12-14-19/h5-8,17H,3-4,9-14H2,1-2H3. The Kier molecular flexibility index (Phi) is 5.52. The molecule has 0 aliphatic carbocycles. The summed E-state index contributed by atoms with van der Waals surface area (Å²) in [5.74, 6) is 0. The van der Waals surface area contributed by atoms with E-state index < -0.39 is 0 Å². The molecule has 1 aromatic carbocycles. The second-order valence-corrected chi connectivity index (χ2v) is 5.30. The Bertz CT molecular complexity index is 353. The molecule has 0 unspecified atom stereocenters. The van der Waals surface area contributed by atoms with Crippen molar-refractivity contribution in [1.82, 2.24) is 4.90 Å². The summed E-state index contributed by atoms with van der Waals surface area (Å²) < 4.78 is 0. The van der Waals surface area contributed by atoms with E-state index in [0.717, 1.165) is 19.6 Å². The second-order valence-electron chi connectivity index (χ2n) is 5.30. The average molecular weight is 261 g/mol. The van der Waals surface area contributed by atoms with Gasteiger partial charge in [-0.25, -0.2) is 0 Å². The number of piperazine rings is 1. The Morgan fingerprint density at radius 1 is 0.947 bits per heavy atom. The summed E-state index contributed by atoms with van der Waals surface area (Å²) in [6.07, 6.45) is 2.43. The lowest BCUT2D eigenvalue weighted by molar-refractivity contribution is 0.258. The Morgan fingerprint density at radius 2 is 1.63 bits per heavy atom. The van der Waals surface area contributed by atoms with E-state index in [4.69, 9.17) is 0 Å². The molecule has 1 aliphatic heterocycles. The van der Waals surface area contributed by atoms with Gasteiger partial charge in [0.15, 0.2) is 0 Å². The van der Waals surface area contributed by atoms with Crippen LogP contribution in [0.3, 0.4) is 0 Å². The summed E-state index contributed by atoms with van der Waals surface area (Å²) in [4.78, 5) is 5.06. The van der Waals surface area contributed by atoms with Crippen molar-refractivity contribution >= 4 is 11.4 Å². The van der Waals surface area contributed by atoms with Gasteiger partial charge in [0.2, 0.25) is 0 Å². The first-order valence-corrected chi connectivity index (χ1v) is 7.64. The van der Waals surface area contributed by atoms with Gasteiger partial charge < -0.3 is 10.2 Å². The molecule has 0 amide bonds. The van der Waals surface area contributed by atoms with Crippen LogP contribution in [0.25, 0.3) is 0 Å². The molecule has 0 radical (unpaired) electrons. The number of rotatable bonds is 6. The predicted molar refractivity (Wildman–Crippen MR) is 84.2 cm³/mol. The molecule has 1 fully saturated rings. The number of hydrogen-bond donors (Lipinski definition) is 1. The van der Waals surface area contributed by atoms with Crippen LogP contribution in [0.4, 0.5) is 11.4 Å². The molecule has 3 heteroatoms. The van der Waals surface area contributed by atoms with Crippen LogP contribution in [-0.2, 0) is 0 Å². The number of nitrogens with zero attached hydrogens (tertiary/aromatic N) is 2. The first-order chi connectivity index (χ1) is 9.33. The molecule has 0 spiro atoms. The maximum atomic E-state index is 3.42. The van der Waals surface area contributed by atoms with E-state index in [-0.39, 0.29) is 0 Å². The largest absolute Gasteiger partial charge is 0.385 e. The van der Waals surface area contributed by atoms with Gasteiger partial charge in [0, 0.05) is 44.1 Å². The summed E-state index contributed by atoms with van der Waals surface area (Å²) in [5.41, 5.74) is 2.59. The van der Waals surface area contributed by atoms with Gasteiger partial charge in [-0.2, -0.15) is 0 Å². The second kappa shape index (κ2) is 7.39. The van der Waals surface area contributed by atoms with E-state index >= 15 is 0 Å². The van der Waals surface area contributed by atoms with E-state index in [1.54, 1.807) is 0 Å². The Balaban J connectivity index is 1.85. The molecular weight excluding hydrogens is 234 g/mol. The van der Waals surface area contributed by atoms with Crippen LogP contribution in [0.15, 0.2) is 24.3 Å². The van der Waals surface area contributed by atoms with Gasteiger partial charge in [-0.3, -0.25) is 4.90 Å². The van der Waals surface area contributed by atoms with Crippen LogP contribution >= 0.6 is 0 Å². The van der Waals surface area contributed by atoms with Crippen LogP contribution in [-0.4, -0.2) is 44.2 Å². The molecular formula is C16H27N3. The first-order valence-electron chi connectivity index (χ1n) is 7.64. The van der Waals surface area contributed by atoms with E-state index in [1.807, 2.05) is 0 Å². The molecule has 19 heavy (non-hydrogen) atoms. The highest BCUT2D eigenvalue weighted by Gasteiger charge is 2.16. The molecule has 1 aromatic rings. The summed E-state index contributed by atoms with van der Waals surface area (Å²) in [7, 11) is 0. The fourth-order valence-electron chi connectivity index (χ4n) is 2.61. The summed E-state index contributed by atoms with van der Waals surface area (Å²) >= 11 is 0. The highest BCUT2D eigenvalue weighted by atomic mass is 15.3. The predicted octanol–water partition coefficient (Wildman–Crippen LogP) is 3.04. The Labute approximate surface area is 117 Å². The summed E-state index contributed by atoms with van der Waals surface area (Å²) in [5, 5.41) is 3.42. The van der Waals surface area contributed by atoms with E-state index in [1.165, 1.54) is 43.9 Å². The van der Waals surface area contributed by atoms with Crippen molar-refractivity contribution in [3.05, 3.63) is 24.3 Å². The molecule has 106 valence electrons. The maximum absolute atomic E-state index is 3.42. The smallest absolute Gasteiger partial charge is 0.0368 e. The molecule has 0 atom stereocenters. The molecule has 3 nitrogen and oxygen atoms in total. The average Bonchev–Trinajstić information content (AvgIpc) is 2.47. The van der Waals surface area contributed by atoms with E-state index in [2.05, 4.69) is 53.2 Å². The van der Waals surface area contributed by atoms with Crippen molar-refractivity contribution in [2.45, 2.75) is 26.7 Å². The van der Waals surface area contributed by atoms with Gasteiger partial charge in [0.1, 0.15) is 0 Å². The molecule has 1 heterocycles. The van der Waals surface area contributed by atoms with Crippen LogP contribution < -0.4 is 10.2 Å². The Hall–Kier alpha value is -1.22. The molecule has 1 aliphatic rings. The topological polar surface area (TPSA) is 18.5 Å². The minimum atomic E-state index is 1.05. The summed E-state index contributed by atoms with van der Waals surface area (Å²) in [6.45, 7) is 11.4. The lowest BCUT2D eigenvalue weighted by Gasteiger charge is -2.36. The molecule has 1 saturated heterocycles. The van der Waals surface area contributed by atoms with Crippen LogP contribution in [0.5, 0.6) is 0 Å². The van der Waals surface area contributed by atoms with Gasteiger partial charge >= 0.3 is 0 Å². The van der Waals surface area contributed by atoms with Gasteiger partial charge in [0.25, 0.3) is 0 Å². The lowest BCUT2D eigenvalue weighted by Crippen LogP contribution is -2.46. The molecule has 0 aromatic heterocycles. The van der Waals surface area contributed by atoms with Crippen LogP contribution in [0.1, 0.15) is 26.7 Å². The van der Waals surface area contributed by atoms with Gasteiger partial charge in [-0.05, 0) is 43.7 Å². The summed E-state index contributed by atoms with van der Waals surface area (Å²) in [6, 6.07) is 8.88. The number of benzene rings is 1. The normalized spacial score (nSPS) is 16.6. The fourth-order valence-corrected chi connectivity index (χ4v) is 2.61. The van der Waals surface area contributed by atoms with Crippen molar-refractivity contribution in [3.63, 3.8) is 0 Å². The number of hydrogen-bond acceptors (Lipinski definition) is 3. The highest BCUT2D eigenvalue weighted by Crippen LogP contribution is 2.19. The van der Waals surface area contributed by atoms with Crippen molar-refractivity contribution in [3.8, 4) is 0 Å². The SMILES string of the molecule is CCCNc1ccc(N2CCN(CCC)CC2)cc1. The first kappa shape index (κ1) is 14.2. The minimum absolute atomic E-state index is 1.05. The lowest BCUT2D eigenvalue weighted by atomic mass is 10.2. The molecule has 0 saturated carbocycles. The van der Waals surface area contributed by atoms with Gasteiger partial charge in [-0.15, -0.1) is 0 Å². The zero-order valence-electron chi connectivity index (χ0n) is 12.4. The molecule has 2 rings (SSSR count). The van der Waals surface area contributed by atoms with Crippen molar-refractivity contribution in [2.24, 2.45) is 0 Å². The zero-order chi connectivity index (χ0) is 13.5. The zero-order valence-corrected chi connectivity index (χ0v) is 12.4. The maximum Gasteiger partial charge on any atom is 0.0368 e. The Morgan fingerprint density at radius 3 is 2.21 bits per heavy atom. The highest BCUT2D eigenvalue weighted by molar-refractivity contribution is 5.55. The molecule has 1 N–H and O–H groups in total. The van der Waals surface area contributed by atoms with E-state index in [9.17, 15) is 0 Å². The van der Waals surface area contributed by atoms with Gasteiger partial charge in [0.05, 0.1) is 0 Å². The molecule has 0 bridgehead atoms. The third kappa shape index (κ3) is 4.13. The fraction of sp³-hybridized carbons (Fsp3) is 0.625. The quantitative estimate of drug-likeness (QED) is 0.849. The number of anilines is 2. The van der Waals surface area contributed by atoms with Crippen molar-refractivity contribution in [1.29, 1.82) is 0 Å². The van der Waals surface area contributed by atoms with Crippen molar-refractivity contribution < 1.29 is 0 Å². The minimum Gasteiger partial charge on any atom is -0.385 e. The third-order valence-electron chi connectivity index (χ3n) is 3.72. The third-order valence-corrected chi connectivity index (χ3v) is 3.72. The number of nitrogens with one attached hydrogen (secondary N) is 1.